The second-order valence-electron chi connectivity index (χ2n) is 6.40. The third kappa shape index (κ3) is 4.88. The third-order valence-electron chi connectivity index (χ3n) is 4.28. The highest BCUT2D eigenvalue weighted by molar-refractivity contribution is 9.10. The Morgan fingerprint density at radius 3 is 1.32 bits per heavy atom. The van der Waals surface area contributed by atoms with Crippen molar-refractivity contribution in [2.75, 3.05) is 10.6 Å². The van der Waals surface area contributed by atoms with Crippen molar-refractivity contribution in [2.24, 2.45) is 0 Å². The van der Waals surface area contributed by atoms with Crippen molar-refractivity contribution >= 4 is 55.0 Å². The van der Waals surface area contributed by atoms with Crippen molar-refractivity contribution in [3.63, 3.8) is 0 Å². The molecule has 3 aromatic rings. The molecule has 0 radical (unpaired) electrons. The second-order valence-corrected chi connectivity index (χ2v) is 8.24. The summed E-state index contributed by atoms with van der Waals surface area (Å²) in [7, 11) is 0. The Hall–Kier alpha value is -2.44. The number of carbonyl (C=O) groups excluding carboxylic acids is 2. The highest BCUT2D eigenvalue weighted by Gasteiger charge is 2.11. The minimum absolute atomic E-state index is 0.221. The SMILES string of the molecule is Cc1cc(Br)ccc1NC(=O)c1ccc(C(=O)Nc2ccc(Br)cc2C)cc1. The van der Waals surface area contributed by atoms with Crippen LogP contribution in [0.1, 0.15) is 31.8 Å². The molecule has 0 aromatic heterocycles. The molecule has 0 aliphatic rings. The summed E-state index contributed by atoms with van der Waals surface area (Å²) in [6, 6.07) is 17.9. The molecule has 0 fully saturated rings. The van der Waals surface area contributed by atoms with Crippen LogP contribution < -0.4 is 10.6 Å². The summed E-state index contributed by atoms with van der Waals surface area (Å²) < 4.78 is 1.92. The molecule has 0 spiro atoms. The molecule has 3 rings (SSSR count). The Kier molecular flexibility index (Phi) is 6.31. The molecule has 0 bridgehead atoms. The first-order valence-electron chi connectivity index (χ1n) is 8.58. The zero-order valence-corrected chi connectivity index (χ0v) is 18.5. The van der Waals surface area contributed by atoms with Gasteiger partial charge in [0.25, 0.3) is 11.8 Å². The highest BCUT2D eigenvalue weighted by atomic mass is 79.9. The van der Waals surface area contributed by atoms with Gasteiger partial charge < -0.3 is 10.6 Å². The molecule has 3 aromatic carbocycles. The van der Waals surface area contributed by atoms with Crippen LogP contribution in [0.4, 0.5) is 11.4 Å². The summed E-state index contributed by atoms with van der Waals surface area (Å²) in [6.45, 7) is 3.86. The molecule has 0 atom stereocenters. The fraction of sp³-hybridized carbons (Fsp3) is 0.0909. The van der Waals surface area contributed by atoms with Gasteiger partial charge in [-0.2, -0.15) is 0 Å². The summed E-state index contributed by atoms with van der Waals surface area (Å²) in [4.78, 5) is 24.9. The number of aryl methyl sites for hydroxylation is 2. The fourth-order valence-corrected chi connectivity index (χ4v) is 3.65. The van der Waals surface area contributed by atoms with Gasteiger partial charge in [0.2, 0.25) is 0 Å². The van der Waals surface area contributed by atoms with Gasteiger partial charge in [0.1, 0.15) is 0 Å². The lowest BCUT2D eigenvalue weighted by molar-refractivity contribution is 0.101. The maximum atomic E-state index is 12.5. The fourth-order valence-electron chi connectivity index (χ4n) is 2.70. The predicted molar refractivity (Wildman–Crippen MR) is 120 cm³/mol. The molecule has 0 aliphatic carbocycles. The Morgan fingerprint density at radius 2 is 1.00 bits per heavy atom. The highest BCUT2D eigenvalue weighted by Crippen LogP contribution is 2.22. The van der Waals surface area contributed by atoms with Gasteiger partial charge >= 0.3 is 0 Å². The number of benzene rings is 3. The topological polar surface area (TPSA) is 58.2 Å². The molecule has 6 heteroatoms. The van der Waals surface area contributed by atoms with E-state index in [-0.39, 0.29) is 11.8 Å². The molecular weight excluding hydrogens is 484 g/mol. The average Bonchev–Trinajstić information content (AvgIpc) is 2.66. The quantitative estimate of drug-likeness (QED) is 0.438. The van der Waals surface area contributed by atoms with E-state index < -0.39 is 0 Å². The van der Waals surface area contributed by atoms with Crippen molar-refractivity contribution in [3.05, 3.63) is 91.9 Å². The summed E-state index contributed by atoms with van der Waals surface area (Å²) in [5.41, 5.74) is 4.39. The van der Waals surface area contributed by atoms with E-state index in [4.69, 9.17) is 0 Å². The van der Waals surface area contributed by atoms with Gasteiger partial charge in [-0.05, 0) is 85.6 Å². The van der Waals surface area contributed by atoms with Crippen LogP contribution in [-0.2, 0) is 0 Å². The first kappa shape index (κ1) is 20.3. The van der Waals surface area contributed by atoms with Crippen molar-refractivity contribution in [3.8, 4) is 0 Å². The van der Waals surface area contributed by atoms with E-state index in [2.05, 4.69) is 42.5 Å². The number of hydrogen-bond acceptors (Lipinski definition) is 2. The Labute approximate surface area is 180 Å². The lowest BCUT2D eigenvalue weighted by atomic mass is 10.1. The Bertz CT molecular complexity index is 962. The number of nitrogens with one attached hydrogen (secondary N) is 2. The lowest BCUT2D eigenvalue weighted by Crippen LogP contribution is -2.15. The predicted octanol–water partition coefficient (Wildman–Crippen LogP) is 6.33. The first-order valence-corrected chi connectivity index (χ1v) is 10.2. The zero-order chi connectivity index (χ0) is 20.3. The van der Waals surface area contributed by atoms with Crippen LogP contribution in [0.25, 0.3) is 0 Å². The molecule has 0 aliphatic heterocycles. The van der Waals surface area contributed by atoms with Crippen LogP contribution in [0.2, 0.25) is 0 Å². The third-order valence-corrected chi connectivity index (χ3v) is 5.27. The van der Waals surface area contributed by atoms with E-state index in [0.717, 1.165) is 31.4 Å². The maximum Gasteiger partial charge on any atom is 0.255 e. The molecule has 28 heavy (non-hydrogen) atoms. The van der Waals surface area contributed by atoms with Crippen LogP contribution >= 0.6 is 31.9 Å². The van der Waals surface area contributed by atoms with E-state index in [1.807, 2.05) is 50.2 Å². The van der Waals surface area contributed by atoms with Crippen molar-refractivity contribution in [1.29, 1.82) is 0 Å². The monoisotopic (exact) mass is 500 g/mol. The van der Waals surface area contributed by atoms with Crippen LogP contribution in [0, 0.1) is 13.8 Å². The summed E-state index contributed by atoms with van der Waals surface area (Å²) >= 11 is 6.82. The van der Waals surface area contributed by atoms with E-state index >= 15 is 0 Å². The van der Waals surface area contributed by atoms with Gasteiger partial charge in [0, 0.05) is 31.4 Å². The molecule has 0 saturated heterocycles. The minimum atomic E-state index is -0.221. The standard InChI is InChI=1S/C22H18Br2N2O2/c1-13-11-17(23)7-9-19(13)25-21(27)15-3-5-16(6-4-15)22(28)26-20-10-8-18(24)12-14(20)2/h3-12H,1-2H3,(H,25,27)(H,26,28). The van der Waals surface area contributed by atoms with E-state index in [9.17, 15) is 9.59 Å². The van der Waals surface area contributed by atoms with Crippen LogP contribution in [-0.4, -0.2) is 11.8 Å². The van der Waals surface area contributed by atoms with Crippen molar-refractivity contribution < 1.29 is 9.59 Å². The summed E-state index contributed by atoms with van der Waals surface area (Å²) in [5, 5.41) is 5.78. The Morgan fingerprint density at radius 1 is 0.643 bits per heavy atom. The van der Waals surface area contributed by atoms with Crippen LogP contribution in [0.5, 0.6) is 0 Å². The number of hydrogen-bond donors (Lipinski definition) is 2. The number of anilines is 2. The van der Waals surface area contributed by atoms with Crippen molar-refractivity contribution in [2.45, 2.75) is 13.8 Å². The van der Waals surface area contributed by atoms with Gasteiger partial charge in [0.15, 0.2) is 0 Å². The summed E-state index contributed by atoms with van der Waals surface area (Å²) in [6.07, 6.45) is 0. The van der Waals surface area contributed by atoms with Gasteiger partial charge in [-0.3, -0.25) is 9.59 Å². The molecule has 2 amide bonds. The lowest BCUT2D eigenvalue weighted by Gasteiger charge is -2.10. The first-order chi connectivity index (χ1) is 13.3. The largest absolute Gasteiger partial charge is 0.322 e. The molecule has 4 nitrogen and oxygen atoms in total. The number of halogens is 2. The minimum Gasteiger partial charge on any atom is -0.322 e. The van der Waals surface area contributed by atoms with E-state index in [0.29, 0.717) is 11.1 Å². The number of amides is 2. The van der Waals surface area contributed by atoms with E-state index in [1.54, 1.807) is 24.3 Å². The molecule has 0 saturated carbocycles. The number of rotatable bonds is 4. The molecule has 0 heterocycles. The molecule has 142 valence electrons. The maximum absolute atomic E-state index is 12.5. The van der Waals surface area contributed by atoms with Gasteiger partial charge in [0.05, 0.1) is 0 Å². The van der Waals surface area contributed by atoms with Crippen LogP contribution in [0.15, 0.2) is 69.6 Å². The van der Waals surface area contributed by atoms with Crippen molar-refractivity contribution in [1.82, 2.24) is 0 Å². The molecular formula is C22H18Br2N2O2. The normalized spacial score (nSPS) is 10.4. The zero-order valence-electron chi connectivity index (χ0n) is 15.3. The molecule has 0 unspecified atom stereocenters. The second kappa shape index (κ2) is 8.71. The van der Waals surface area contributed by atoms with E-state index in [1.165, 1.54) is 0 Å². The smallest absolute Gasteiger partial charge is 0.255 e. The Balaban J connectivity index is 1.70. The van der Waals surface area contributed by atoms with Gasteiger partial charge in [-0.15, -0.1) is 0 Å². The van der Waals surface area contributed by atoms with Crippen LogP contribution in [0.3, 0.4) is 0 Å². The van der Waals surface area contributed by atoms with Gasteiger partial charge in [-0.25, -0.2) is 0 Å². The van der Waals surface area contributed by atoms with Gasteiger partial charge in [-0.1, -0.05) is 31.9 Å². The average molecular weight is 502 g/mol. The summed E-state index contributed by atoms with van der Waals surface area (Å²) in [5.74, 6) is -0.442. The molecule has 2 N–H and O–H groups in total. The number of carbonyl (C=O) groups is 2.